The molecule has 0 saturated heterocycles. The molecular weight excluding hydrogens is 458 g/mol. The molecule has 0 radical (unpaired) electrons. The van der Waals surface area contributed by atoms with Gasteiger partial charge in [-0.15, -0.1) is 0 Å². The molecule has 2 saturated carbocycles. The number of rotatable bonds is 5. The summed E-state index contributed by atoms with van der Waals surface area (Å²) in [6.45, 7) is 3.29. The van der Waals surface area contributed by atoms with Crippen LogP contribution < -0.4 is 5.32 Å². The Morgan fingerprint density at radius 2 is 1.97 bits per heavy atom. The van der Waals surface area contributed by atoms with Gasteiger partial charge in [-0.25, -0.2) is 8.78 Å². The van der Waals surface area contributed by atoms with Crippen LogP contribution in [0.1, 0.15) is 53.9 Å². The Kier molecular flexibility index (Phi) is 5.91. The van der Waals surface area contributed by atoms with E-state index >= 15 is 0 Å². The molecule has 3 unspecified atom stereocenters. The van der Waals surface area contributed by atoms with Crippen molar-refractivity contribution in [2.24, 2.45) is 11.3 Å². The summed E-state index contributed by atoms with van der Waals surface area (Å²) in [4.78, 5) is 27.7. The van der Waals surface area contributed by atoms with E-state index in [4.69, 9.17) is 11.6 Å². The molecule has 3 atom stereocenters. The fourth-order valence-corrected chi connectivity index (χ4v) is 5.96. The second-order valence-electron chi connectivity index (χ2n) is 10.3. The van der Waals surface area contributed by atoms with Gasteiger partial charge in [-0.1, -0.05) is 48.0 Å². The summed E-state index contributed by atoms with van der Waals surface area (Å²) in [7, 11) is 0. The van der Waals surface area contributed by atoms with E-state index < -0.39 is 11.3 Å². The van der Waals surface area contributed by atoms with Gasteiger partial charge in [0.15, 0.2) is 0 Å². The highest BCUT2D eigenvalue weighted by atomic mass is 35.5. The fourth-order valence-electron chi connectivity index (χ4n) is 5.75. The highest BCUT2D eigenvalue weighted by molar-refractivity contribution is 6.31. The van der Waals surface area contributed by atoms with Gasteiger partial charge in [-0.05, 0) is 54.5 Å². The van der Waals surface area contributed by atoms with Gasteiger partial charge in [0.25, 0.3) is 5.92 Å². The van der Waals surface area contributed by atoms with Crippen molar-refractivity contribution in [2.45, 2.75) is 57.4 Å². The Labute approximate surface area is 203 Å². The van der Waals surface area contributed by atoms with Gasteiger partial charge in [0.1, 0.15) is 0 Å². The molecule has 4 nitrogen and oxygen atoms in total. The van der Waals surface area contributed by atoms with Crippen LogP contribution in [0.5, 0.6) is 0 Å². The Morgan fingerprint density at radius 1 is 1.21 bits per heavy atom. The molecular formula is C27H29ClF2N2O2. The van der Waals surface area contributed by atoms with E-state index in [1.54, 1.807) is 0 Å². The Bertz CT molecular complexity index is 1140. The molecule has 1 heterocycles. The largest absolute Gasteiger partial charge is 0.355 e. The van der Waals surface area contributed by atoms with Crippen molar-refractivity contribution in [2.75, 3.05) is 13.1 Å². The zero-order valence-corrected chi connectivity index (χ0v) is 20.0. The molecule has 2 aromatic carbocycles. The van der Waals surface area contributed by atoms with Crippen LogP contribution in [0.3, 0.4) is 0 Å². The summed E-state index contributed by atoms with van der Waals surface area (Å²) in [6.07, 6.45) is 1.41. The zero-order valence-electron chi connectivity index (χ0n) is 19.3. The predicted molar refractivity (Wildman–Crippen MR) is 127 cm³/mol. The normalized spacial score (nSPS) is 26.9. The van der Waals surface area contributed by atoms with Crippen molar-refractivity contribution < 1.29 is 18.4 Å². The fraction of sp³-hybridized carbons (Fsp3) is 0.481. The molecule has 1 N–H and O–H groups in total. The second kappa shape index (κ2) is 8.63. The highest BCUT2D eigenvalue weighted by Crippen LogP contribution is 2.69. The average molecular weight is 487 g/mol. The SMILES string of the molecule is Cc1ccc(CC(=O)NCC2CN(C(=O)C3CCC4(C3)CC4(F)F)Cc3ccccc32)cc1Cl. The van der Waals surface area contributed by atoms with Crippen molar-refractivity contribution in [3.8, 4) is 0 Å². The number of alkyl halides is 2. The van der Waals surface area contributed by atoms with E-state index in [2.05, 4.69) is 5.32 Å². The standard InChI is InChI=1S/C27H29ClF2N2O2/c1-17-6-7-18(10-23(17)28)11-24(33)31-13-21-15-32(14-20-4-2-3-5-22(20)21)25(34)19-8-9-26(12-19)16-27(26,29)30/h2-7,10,19,21H,8-9,11-16H2,1H3,(H,31,33). The van der Waals surface area contributed by atoms with E-state index in [1.165, 1.54) is 0 Å². The van der Waals surface area contributed by atoms with Crippen molar-refractivity contribution in [1.82, 2.24) is 10.2 Å². The molecule has 1 aliphatic heterocycles. The molecule has 2 fully saturated rings. The molecule has 2 aliphatic carbocycles. The number of amides is 2. The number of nitrogens with zero attached hydrogens (tertiary/aromatic N) is 1. The maximum atomic E-state index is 13.8. The summed E-state index contributed by atoms with van der Waals surface area (Å²) in [6, 6.07) is 13.6. The van der Waals surface area contributed by atoms with Crippen LogP contribution in [0.15, 0.2) is 42.5 Å². The third-order valence-corrected chi connectivity index (χ3v) is 8.33. The molecule has 7 heteroatoms. The van der Waals surface area contributed by atoms with E-state index in [0.717, 1.165) is 22.3 Å². The van der Waals surface area contributed by atoms with Crippen molar-refractivity contribution in [3.05, 3.63) is 69.7 Å². The van der Waals surface area contributed by atoms with E-state index in [1.807, 2.05) is 54.3 Å². The first-order valence-electron chi connectivity index (χ1n) is 11.9. The van der Waals surface area contributed by atoms with Crippen LogP contribution in [0.25, 0.3) is 0 Å². The number of benzene rings is 2. The number of fused-ring (bicyclic) bond motifs is 1. The lowest BCUT2D eigenvalue weighted by Gasteiger charge is -2.36. The van der Waals surface area contributed by atoms with Gasteiger partial charge in [0.05, 0.1) is 6.42 Å². The van der Waals surface area contributed by atoms with Crippen LogP contribution in [0, 0.1) is 18.3 Å². The summed E-state index contributed by atoms with van der Waals surface area (Å²) in [5, 5.41) is 3.66. The zero-order chi connectivity index (χ0) is 24.1. The molecule has 3 aliphatic rings. The number of aryl methyl sites for hydroxylation is 1. The maximum absolute atomic E-state index is 13.8. The molecule has 2 amide bonds. The van der Waals surface area contributed by atoms with Gasteiger partial charge in [-0.2, -0.15) is 0 Å². The predicted octanol–water partition coefficient (Wildman–Crippen LogP) is 5.26. The average Bonchev–Trinajstić information content (AvgIpc) is 3.12. The third kappa shape index (κ3) is 4.33. The first-order valence-corrected chi connectivity index (χ1v) is 12.3. The van der Waals surface area contributed by atoms with Gasteiger partial charge in [0.2, 0.25) is 11.8 Å². The van der Waals surface area contributed by atoms with Crippen molar-refractivity contribution in [1.29, 1.82) is 0 Å². The molecule has 34 heavy (non-hydrogen) atoms. The van der Waals surface area contributed by atoms with Crippen molar-refractivity contribution >= 4 is 23.4 Å². The van der Waals surface area contributed by atoms with Gasteiger partial charge in [0, 0.05) is 48.3 Å². The number of hydrogen-bond acceptors (Lipinski definition) is 2. The smallest absolute Gasteiger partial charge is 0.254 e. The van der Waals surface area contributed by atoms with Crippen molar-refractivity contribution in [3.63, 3.8) is 0 Å². The lowest BCUT2D eigenvalue weighted by molar-refractivity contribution is -0.136. The Balaban J connectivity index is 1.24. The summed E-state index contributed by atoms with van der Waals surface area (Å²) in [5.41, 5.74) is 3.06. The lowest BCUT2D eigenvalue weighted by atomic mass is 9.88. The minimum absolute atomic E-state index is 0.0281. The molecule has 5 rings (SSSR count). The van der Waals surface area contributed by atoms with Crippen LogP contribution in [0.2, 0.25) is 5.02 Å². The van der Waals surface area contributed by atoms with Gasteiger partial charge < -0.3 is 10.2 Å². The second-order valence-corrected chi connectivity index (χ2v) is 10.7. The van der Waals surface area contributed by atoms with Crippen LogP contribution in [-0.4, -0.2) is 35.7 Å². The van der Waals surface area contributed by atoms with Gasteiger partial charge in [-0.3, -0.25) is 9.59 Å². The number of hydrogen-bond donors (Lipinski definition) is 1. The summed E-state index contributed by atoms with van der Waals surface area (Å²) >= 11 is 6.18. The number of halogens is 3. The van der Waals surface area contributed by atoms with E-state index in [9.17, 15) is 18.4 Å². The quantitative estimate of drug-likeness (QED) is 0.626. The Hall–Kier alpha value is -2.47. The molecule has 180 valence electrons. The first-order chi connectivity index (χ1) is 16.2. The Morgan fingerprint density at radius 3 is 2.68 bits per heavy atom. The van der Waals surface area contributed by atoms with E-state index in [-0.39, 0.29) is 42.9 Å². The third-order valence-electron chi connectivity index (χ3n) is 7.92. The molecule has 1 spiro atoms. The number of carbonyl (C=O) groups excluding carboxylic acids is 2. The molecule has 0 bridgehead atoms. The van der Waals surface area contributed by atoms with E-state index in [0.29, 0.717) is 37.5 Å². The topological polar surface area (TPSA) is 49.4 Å². The first kappa shape index (κ1) is 23.3. The maximum Gasteiger partial charge on any atom is 0.254 e. The van der Waals surface area contributed by atoms with Crippen LogP contribution in [0.4, 0.5) is 8.78 Å². The number of nitrogens with one attached hydrogen (secondary N) is 1. The number of carbonyl (C=O) groups is 2. The van der Waals surface area contributed by atoms with Crippen LogP contribution >= 0.6 is 11.6 Å². The highest BCUT2D eigenvalue weighted by Gasteiger charge is 2.73. The van der Waals surface area contributed by atoms with Crippen LogP contribution in [-0.2, 0) is 22.6 Å². The molecule has 0 aromatic heterocycles. The minimum atomic E-state index is -2.61. The molecule has 2 aromatic rings. The summed E-state index contributed by atoms with van der Waals surface area (Å²) < 4.78 is 27.7. The summed E-state index contributed by atoms with van der Waals surface area (Å²) in [5.74, 6) is -3.11. The lowest BCUT2D eigenvalue weighted by Crippen LogP contribution is -2.44. The monoisotopic (exact) mass is 486 g/mol. The van der Waals surface area contributed by atoms with Gasteiger partial charge >= 0.3 is 0 Å². The minimum Gasteiger partial charge on any atom is -0.355 e.